The third-order valence-corrected chi connectivity index (χ3v) is 5.90. The second-order valence-electron chi connectivity index (χ2n) is 6.74. The fraction of sp³-hybridized carbons (Fsp3) is 0.389. The largest absolute Gasteiger partial charge is 0.479 e. The Kier molecular flexibility index (Phi) is 3.68. The van der Waals surface area contributed by atoms with Crippen molar-refractivity contribution in [3.8, 4) is 16.5 Å². The van der Waals surface area contributed by atoms with Gasteiger partial charge < -0.3 is 14.5 Å². The maximum Gasteiger partial charge on any atom is 0.238 e. The third-order valence-electron chi connectivity index (χ3n) is 4.93. The van der Waals surface area contributed by atoms with E-state index in [0.717, 1.165) is 52.7 Å². The number of hydrogen-bond acceptors (Lipinski definition) is 6. The normalized spacial score (nSPS) is 15.9. The molecule has 26 heavy (non-hydrogen) atoms. The minimum Gasteiger partial charge on any atom is -0.479 e. The summed E-state index contributed by atoms with van der Waals surface area (Å²) in [5, 5.41) is 9.11. The van der Waals surface area contributed by atoms with E-state index >= 15 is 0 Å². The molecule has 1 saturated heterocycles. The van der Waals surface area contributed by atoms with Crippen molar-refractivity contribution in [2.75, 3.05) is 20.2 Å². The van der Waals surface area contributed by atoms with Gasteiger partial charge in [0, 0.05) is 23.9 Å². The Bertz CT molecular complexity index is 1060. The van der Waals surface area contributed by atoms with E-state index in [0.29, 0.717) is 11.8 Å². The standard InChI is InChI=1S/C18H20N6OS/c1-11-8-23-9-13(7-15(23)16(20-11)25-2)17-22-24-10-14(21-18(24)26-17)12-3-5-19-6-4-12/h7-10,12,19H,3-6H2,1-2H3. The average molecular weight is 368 g/mol. The Morgan fingerprint density at radius 2 is 2.04 bits per heavy atom. The van der Waals surface area contributed by atoms with Crippen LogP contribution in [0.3, 0.4) is 0 Å². The molecule has 1 aliphatic heterocycles. The van der Waals surface area contributed by atoms with Gasteiger partial charge in [-0.2, -0.15) is 5.10 Å². The molecule has 0 aliphatic carbocycles. The summed E-state index contributed by atoms with van der Waals surface area (Å²) in [5.74, 6) is 1.18. The van der Waals surface area contributed by atoms with E-state index in [2.05, 4.69) is 28.8 Å². The van der Waals surface area contributed by atoms with Crippen molar-refractivity contribution in [1.29, 1.82) is 0 Å². The van der Waals surface area contributed by atoms with Crippen LogP contribution in [0.1, 0.15) is 30.1 Å². The van der Waals surface area contributed by atoms with Crippen LogP contribution in [0.4, 0.5) is 0 Å². The van der Waals surface area contributed by atoms with E-state index in [9.17, 15) is 0 Å². The van der Waals surface area contributed by atoms with Gasteiger partial charge in [-0.3, -0.25) is 0 Å². The summed E-state index contributed by atoms with van der Waals surface area (Å²) in [6.45, 7) is 4.10. The van der Waals surface area contributed by atoms with Crippen molar-refractivity contribution in [3.63, 3.8) is 0 Å². The summed E-state index contributed by atoms with van der Waals surface area (Å²) in [6.07, 6.45) is 8.45. The second-order valence-corrected chi connectivity index (χ2v) is 7.69. The van der Waals surface area contributed by atoms with E-state index in [4.69, 9.17) is 14.8 Å². The molecule has 5 rings (SSSR count). The average Bonchev–Trinajstić information content (AvgIpc) is 3.33. The topological polar surface area (TPSA) is 68.8 Å². The fourth-order valence-electron chi connectivity index (χ4n) is 3.62. The van der Waals surface area contributed by atoms with Gasteiger partial charge in [-0.25, -0.2) is 14.5 Å². The van der Waals surface area contributed by atoms with Crippen LogP contribution in [0.15, 0.2) is 24.7 Å². The summed E-state index contributed by atoms with van der Waals surface area (Å²) in [4.78, 5) is 10.2. The maximum atomic E-state index is 5.41. The van der Waals surface area contributed by atoms with Gasteiger partial charge in [0.25, 0.3) is 0 Å². The molecule has 8 heteroatoms. The highest BCUT2D eigenvalue weighted by Crippen LogP contribution is 2.32. The predicted molar refractivity (Wildman–Crippen MR) is 101 cm³/mol. The Balaban J connectivity index is 1.52. The molecule has 1 N–H and O–H groups in total. The molecular formula is C18H20N6OS. The van der Waals surface area contributed by atoms with Crippen LogP contribution in [0.2, 0.25) is 0 Å². The van der Waals surface area contributed by atoms with Crippen molar-refractivity contribution >= 4 is 21.8 Å². The first-order valence-corrected chi connectivity index (χ1v) is 9.63. The van der Waals surface area contributed by atoms with Crippen LogP contribution in [0.5, 0.6) is 5.88 Å². The van der Waals surface area contributed by atoms with Gasteiger partial charge in [0.15, 0.2) is 0 Å². The zero-order chi connectivity index (χ0) is 17.7. The monoisotopic (exact) mass is 368 g/mol. The lowest BCUT2D eigenvalue weighted by molar-refractivity contribution is 0.400. The molecular weight excluding hydrogens is 348 g/mol. The van der Waals surface area contributed by atoms with Gasteiger partial charge in [0.2, 0.25) is 10.8 Å². The molecule has 134 valence electrons. The quantitative estimate of drug-likeness (QED) is 0.602. The summed E-state index contributed by atoms with van der Waals surface area (Å²) >= 11 is 1.62. The second kappa shape index (κ2) is 6.07. The molecule has 4 aromatic rings. The zero-order valence-corrected chi connectivity index (χ0v) is 15.6. The molecule has 0 saturated carbocycles. The lowest BCUT2D eigenvalue weighted by atomic mass is 9.95. The SMILES string of the molecule is COc1nc(C)cn2cc(-c3nn4cc(C5CCNCC5)nc4s3)cc12. The number of aryl methyl sites for hydroxylation is 1. The molecule has 0 bridgehead atoms. The van der Waals surface area contributed by atoms with Crippen LogP contribution in [-0.2, 0) is 0 Å². The molecule has 7 nitrogen and oxygen atoms in total. The molecule has 4 aromatic heterocycles. The molecule has 0 spiro atoms. The highest BCUT2D eigenvalue weighted by atomic mass is 32.1. The number of nitrogens with zero attached hydrogens (tertiary/aromatic N) is 5. The van der Waals surface area contributed by atoms with E-state index < -0.39 is 0 Å². The molecule has 0 aromatic carbocycles. The molecule has 1 fully saturated rings. The Morgan fingerprint density at radius 1 is 1.19 bits per heavy atom. The van der Waals surface area contributed by atoms with Crippen LogP contribution < -0.4 is 10.1 Å². The highest BCUT2D eigenvalue weighted by Gasteiger charge is 2.20. The minimum absolute atomic E-state index is 0.545. The number of aromatic nitrogens is 5. The summed E-state index contributed by atoms with van der Waals surface area (Å²) < 4.78 is 9.37. The van der Waals surface area contributed by atoms with Gasteiger partial charge in [0.05, 0.1) is 24.7 Å². The lowest BCUT2D eigenvalue weighted by Crippen LogP contribution is -2.26. The smallest absolute Gasteiger partial charge is 0.238 e. The number of piperidine rings is 1. The van der Waals surface area contributed by atoms with Gasteiger partial charge in [-0.1, -0.05) is 11.3 Å². The molecule has 0 atom stereocenters. The van der Waals surface area contributed by atoms with Crippen LogP contribution in [0.25, 0.3) is 21.0 Å². The van der Waals surface area contributed by atoms with Crippen molar-refractivity contribution in [2.24, 2.45) is 0 Å². The minimum atomic E-state index is 0.545. The highest BCUT2D eigenvalue weighted by molar-refractivity contribution is 7.19. The number of methoxy groups -OCH3 is 1. The van der Waals surface area contributed by atoms with E-state index in [1.54, 1.807) is 18.4 Å². The summed E-state index contributed by atoms with van der Waals surface area (Å²) in [7, 11) is 1.65. The molecule has 0 amide bonds. The zero-order valence-electron chi connectivity index (χ0n) is 14.8. The number of hydrogen-bond donors (Lipinski definition) is 1. The molecule has 0 radical (unpaired) electrons. The van der Waals surface area contributed by atoms with Gasteiger partial charge in [-0.15, -0.1) is 0 Å². The number of ether oxygens (including phenoxy) is 1. The summed E-state index contributed by atoms with van der Waals surface area (Å²) in [6, 6.07) is 2.07. The Hall–Kier alpha value is -2.45. The Morgan fingerprint density at radius 3 is 2.81 bits per heavy atom. The maximum absolute atomic E-state index is 5.41. The van der Waals surface area contributed by atoms with E-state index in [-0.39, 0.29) is 0 Å². The van der Waals surface area contributed by atoms with Crippen molar-refractivity contribution in [1.82, 2.24) is 29.3 Å². The van der Waals surface area contributed by atoms with Gasteiger partial charge in [0.1, 0.15) is 10.5 Å². The van der Waals surface area contributed by atoms with Crippen LogP contribution in [0, 0.1) is 6.92 Å². The molecule has 5 heterocycles. The van der Waals surface area contributed by atoms with Crippen LogP contribution in [-0.4, -0.2) is 44.2 Å². The number of fused-ring (bicyclic) bond motifs is 2. The number of nitrogens with one attached hydrogen (secondary N) is 1. The summed E-state index contributed by atoms with van der Waals surface area (Å²) in [5.41, 5.74) is 4.07. The Labute approximate surface area is 154 Å². The van der Waals surface area contributed by atoms with Crippen LogP contribution >= 0.6 is 11.3 Å². The van der Waals surface area contributed by atoms with E-state index in [1.165, 1.54) is 5.69 Å². The van der Waals surface area contributed by atoms with Gasteiger partial charge in [-0.05, 0) is 38.9 Å². The first-order valence-electron chi connectivity index (χ1n) is 8.82. The van der Waals surface area contributed by atoms with Crippen molar-refractivity contribution in [2.45, 2.75) is 25.7 Å². The fourth-order valence-corrected chi connectivity index (χ4v) is 4.49. The first kappa shape index (κ1) is 15.8. The number of imidazole rings is 1. The van der Waals surface area contributed by atoms with Crippen molar-refractivity contribution in [3.05, 3.63) is 36.0 Å². The molecule has 0 unspecified atom stereocenters. The first-order chi connectivity index (χ1) is 12.7. The lowest BCUT2D eigenvalue weighted by Gasteiger charge is -2.20. The third kappa shape index (κ3) is 2.57. The predicted octanol–water partition coefficient (Wildman–Crippen LogP) is 2.89. The number of rotatable bonds is 3. The van der Waals surface area contributed by atoms with E-state index in [1.807, 2.05) is 22.0 Å². The van der Waals surface area contributed by atoms with Gasteiger partial charge >= 0.3 is 0 Å². The molecule has 1 aliphatic rings. The van der Waals surface area contributed by atoms with Crippen molar-refractivity contribution < 1.29 is 4.74 Å².